The first kappa shape index (κ1) is 14.9. The molecule has 1 aromatic heterocycles. The molecule has 0 aliphatic rings. The van der Waals surface area contributed by atoms with Crippen LogP contribution in [0.25, 0.3) is 0 Å². The number of ether oxygens (including phenoxy) is 1. The van der Waals surface area contributed by atoms with Gasteiger partial charge in [-0.15, -0.1) is 0 Å². The van der Waals surface area contributed by atoms with E-state index in [2.05, 4.69) is 15.5 Å². The number of nitrogens with zero attached hydrogens (tertiary/aromatic N) is 1. The molecule has 0 radical (unpaired) electrons. The summed E-state index contributed by atoms with van der Waals surface area (Å²) in [6.07, 6.45) is 3.55. The summed E-state index contributed by atoms with van der Waals surface area (Å²) >= 11 is 0. The van der Waals surface area contributed by atoms with E-state index in [9.17, 15) is 4.79 Å². The van der Waals surface area contributed by atoms with Crippen molar-refractivity contribution in [3.63, 3.8) is 0 Å². The van der Waals surface area contributed by atoms with Gasteiger partial charge in [0, 0.05) is 24.0 Å². The highest BCUT2D eigenvalue weighted by atomic mass is 16.5. The number of H-pyrrole nitrogens is 1. The van der Waals surface area contributed by atoms with Crippen molar-refractivity contribution >= 4 is 11.6 Å². The van der Waals surface area contributed by atoms with Gasteiger partial charge >= 0.3 is 0 Å². The second kappa shape index (κ2) is 6.78. The molecular weight excluding hydrogens is 268 g/mol. The third-order valence-electron chi connectivity index (χ3n) is 3.31. The lowest BCUT2D eigenvalue weighted by atomic mass is 10.1. The summed E-state index contributed by atoms with van der Waals surface area (Å²) in [4.78, 5) is 12.1. The van der Waals surface area contributed by atoms with Gasteiger partial charge in [-0.25, -0.2) is 0 Å². The molecule has 0 saturated heterocycles. The molecule has 0 fully saturated rings. The Bertz CT molecular complexity index is 622. The molecule has 1 heterocycles. The number of aryl methyl sites for hydroxylation is 2. The Morgan fingerprint density at radius 2 is 2.29 bits per heavy atom. The Morgan fingerprint density at radius 3 is 2.95 bits per heavy atom. The fourth-order valence-corrected chi connectivity index (χ4v) is 2.10. The van der Waals surface area contributed by atoms with Gasteiger partial charge in [-0.2, -0.15) is 5.10 Å². The predicted molar refractivity (Wildman–Crippen MR) is 81.4 cm³/mol. The van der Waals surface area contributed by atoms with Crippen LogP contribution in [0.1, 0.15) is 28.0 Å². The number of hydrogen-bond donors (Lipinski definition) is 3. The zero-order valence-corrected chi connectivity index (χ0v) is 12.3. The predicted octanol–water partition coefficient (Wildman–Crippen LogP) is 1.67. The van der Waals surface area contributed by atoms with E-state index >= 15 is 0 Å². The molecule has 4 N–H and O–H groups in total. The summed E-state index contributed by atoms with van der Waals surface area (Å²) < 4.78 is 5.18. The summed E-state index contributed by atoms with van der Waals surface area (Å²) in [5.74, 6) is 0.328. The van der Waals surface area contributed by atoms with Gasteiger partial charge in [0.25, 0.3) is 5.91 Å². The van der Waals surface area contributed by atoms with Crippen LogP contribution in [0.15, 0.2) is 24.4 Å². The first-order valence-electron chi connectivity index (χ1n) is 6.82. The van der Waals surface area contributed by atoms with Crippen LogP contribution in [0.5, 0.6) is 5.75 Å². The van der Waals surface area contributed by atoms with E-state index in [4.69, 9.17) is 10.5 Å². The number of rotatable bonds is 6. The molecule has 0 atom stereocenters. The minimum atomic E-state index is -0.157. The van der Waals surface area contributed by atoms with E-state index in [1.54, 1.807) is 18.2 Å². The Hall–Kier alpha value is -2.50. The lowest BCUT2D eigenvalue weighted by molar-refractivity contribution is 0.0950. The van der Waals surface area contributed by atoms with Crippen LogP contribution in [0.3, 0.4) is 0 Å². The number of methoxy groups -OCH3 is 1. The fourth-order valence-electron chi connectivity index (χ4n) is 2.10. The highest BCUT2D eigenvalue weighted by Gasteiger charge is 2.11. The number of nitrogens with one attached hydrogen (secondary N) is 2. The number of nitrogen functional groups attached to an aromatic ring is 1. The van der Waals surface area contributed by atoms with E-state index in [1.807, 2.05) is 13.1 Å². The van der Waals surface area contributed by atoms with Crippen molar-refractivity contribution in [3.05, 3.63) is 41.2 Å². The summed E-state index contributed by atoms with van der Waals surface area (Å²) in [5, 5.41) is 9.76. The Labute approximate surface area is 123 Å². The second-order valence-corrected chi connectivity index (χ2v) is 4.84. The topological polar surface area (TPSA) is 93.0 Å². The highest BCUT2D eigenvalue weighted by molar-refractivity contribution is 5.97. The summed E-state index contributed by atoms with van der Waals surface area (Å²) in [7, 11) is 1.52. The first-order valence-corrected chi connectivity index (χ1v) is 6.82. The van der Waals surface area contributed by atoms with Crippen LogP contribution in [0, 0.1) is 6.92 Å². The van der Waals surface area contributed by atoms with Crippen molar-refractivity contribution in [1.82, 2.24) is 15.5 Å². The second-order valence-electron chi connectivity index (χ2n) is 4.84. The average Bonchev–Trinajstić information content (AvgIpc) is 2.88. The summed E-state index contributed by atoms with van der Waals surface area (Å²) in [6, 6.07) is 5.00. The van der Waals surface area contributed by atoms with Gasteiger partial charge in [-0.1, -0.05) is 0 Å². The van der Waals surface area contributed by atoms with Crippen LogP contribution in [-0.4, -0.2) is 29.8 Å². The van der Waals surface area contributed by atoms with Gasteiger partial charge < -0.3 is 15.8 Å². The van der Waals surface area contributed by atoms with Gasteiger partial charge in [0.05, 0.1) is 18.9 Å². The number of amides is 1. The minimum absolute atomic E-state index is 0.157. The van der Waals surface area contributed by atoms with Crippen LogP contribution >= 0.6 is 0 Å². The normalized spacial score (nSPS) is 10.4. The fraction of sp³-hybridized carbons (Fsp3) is 0.333. The Kier molecular flexibility index (Phi) is 4.81. The molecule has 6 heteroatoms. The number of aromatic amines is 1. The number of aromatic nitrogens is 2. The van der Waals surface area contributed by atoms with Crippen LogP contribution < -0.4 is 15.8 Å². The molecule has 0 aliphatic heterocycles. The summed E-state index contributed by atoms with van der Waals surface area (Å²) in [6.45, 7) is 2.58. The van der Waals surface area contributed by atoms with E-state index in [1.165, 1.54) is 12.7 Å². The molecule has 1 amide bonds. The van der Waals surface area contributed by atoms with Gasteiger partial charge in [0.2, 0.25) is 0 Å². The van der Waals surface area contributed by atoms with Crippen molar-refractivity contribution in [2.75, 3.05) is 19.4 Å². The summed E-state index contributed by atoms with van der Waals surface area (Å²) in [5.41, 5.74) is 8.98. The molecule has 0 unspecified atom stereocenters. The molecule has 0 saturated carbocycles. The molecule has 0 bridgehead atoms. The number of nitrogens with two attached hydrogens (primary N) is 1. The first-order chi connectivity index (χ1) is 10.1. The van der Waals surface area contributed by atoms with Crippen molar-refractivity contribution in [3.8, 4) is 5.75 Å². The monoisotopic (exact) mass is 288 g/mol. The third-order valence-corrected chi connectivity index (χ3v) is 3.31. The molecule has 6 nitrogen and oxygen atoms in total. The lowest BCUT2D eigenvalue weighted by Crippen LogP contribution is -2.25. The highest BCUT2D eigenvalue weighted by Crippen LogP contribution is 2.21. The van der Waals surface area contributed by atoms with Crippen molar-refractivity contribution in [1.29, 1.82) is 0 Å². The minimum Gasteiger partial charge on any atom is -0.496 e. The van der Waals surface area contributed by atoms with E-state index in [0.29, 0.717) is 23.5 Å². The molecule has 0 aliphatic carbocycles. The van der Waals surface area contributed by atoms with Gasteiger partial charge in [0.1, 0.15) is 5.75 Å². The molecule has 2 rings (SSSR count). The Balaban J connectivity index is 1.86. The van der Waals surface area contributed by atoms with Gasteiger partial charge in [-0.3, -0.25) is 9.89 Å². The quantitative estimate of drug-likeness (QED) is 0.557. The largest absolute Gasteiger partial charge is 0.496 e. The number of anilines is 1. The maximum Gasteiger partial charge on any atom is 0.255 e. The van der Waals surface area contributed by atoms with Crippen LogP contribution in [0.4, 0.5) is 5.69 Å². The van der Waals surface area contributed by atoms with Crippen LogP contribution in [-0.2, 0) is 6.42 Å². The number of carbonyl (C=O) groups is 1. The number of benzene rings is 1. The molecule has 112 valence electrons. The van der Waals surface area contributed by atoms with Gasteiger partial charge in [0.15, 0.2) is 0 Å². The molecule has 1 aromatic carbocycles. The van der Waals surface area contributed by atoms with E-state index in [-0.39, 0.29) is 5.91 Å². The molecule has 21 heavy (non-hydrogen) atoms. The maximum atomic E-state index is 12.1. The standard InChI is InChI=1S/C15H20N4O2/c1-10-11(9-18-19-10)4-3-7-17-15(20)13-6-5-12(16)8-14(13)21-2/h5-6,8-9H,3-4,7,16H2,1-2H3,(H,17,20)(H,18,19). The number of carbonyl (C=O) groups excluding carboxylic acids is 1. The Morgan fingerprint density at radius 1 is 1.48 bits per heavy atom. The third kappa shape index (κ3) is 3.75. The maximum absolute atomic E-state index is 12.1. The smallest absolute Gasteiger partial charge is 0.255 e. The molecular formula is C15H20N4O2. The SMILES string of the molecule is COc1cc(N)ccc1C(=O)NCCCc1cn[nH]c1C. The zero-order valence-electron chi connectivity index (χ0n) is 12.3. The van der Waals surface area contributed by atoms with E-state index in [0.717, 1.165) is 18.5 Å². The van der Waals surface area contributed by atoms with Crippen molar-refractivity contribution in [2.24, 2.45) is 0 Å². The molecule has 2 aromatic rings. The van der Waals surface area contributed by atoms with Crippen molar-refractivity contribution < 1.29 is 9.53 Å². The zero-order chi connectivity index (χ0) is 15.2. The number of hydrogen-bond acceptors (Lipinski definition) is 4. The van der Waals surface area contributed by atoms with Crippen molar-refractivity contribution in [2.45, 2.75) is 19.8 Å². The van der Waals surface area contributed by atoms with Gasteiger partial charge in [-0.05, 0) is 37.5 Å². The van der Waals surface area contributed by atoms with Crippen LogP contribution in [0.2, 0.25) is 0 Å². The average molecular weight is 288 g/mol. The van der Waals surface area contributed by atoms with E-state index < -0.39 is 0 Å². The lowest BCUT2D eigenvalue weighted by Gasteiger charge is -2.10. The molecule has 0 spiro atoms.